The molecule has 1 saturated carbocycles. The molecule has 2 bridgehead atoms. The van der Waals surface area contributed by atoms with Gasteiger partial charge in [-0.25, -0.2) is 0 Å². The van der Waals surface area contributed by atoms with Crippen molar-refractivity contribution in [3.05, 3.63) is 0 Å². The van der Waals surface area contributed by atoms with E-state index >= 15 is 0 Å². The molecular formula is C7H9F3O. The van der Waals surface area contributed by atoms with Gasteiger partial charge in [0.1, 0.15) is 0 Å². The SMILES string of the molecule is CC12COC(C(F)(F)F)(C1)C2. The first-order valence-electron chi connectivity index (χ1n) is 3.58. The van der Waals surface area contributed by atoms with Crippen molar-refractivity contribution >= 4 is 0 Å². The summed E-state index contributed by atoms with van der Waals surface area (Å²) in [5.41, 5.74) is -1.95. The van der Waals surface area contributed by atoms with Crippen molar-refractivity contribution in [2.24, 2.45) is 5.41 Å². The van der Waals surface area contributed by atoms with E-state index in [-0.39, 0.29) is 24.9 Å². The van der Waals surface area contributed by atoms with Crippen LogP contribution in [0.4, 0.5) is 13.2 Å². The lowest BCUT2D eigenvalue weighted by molar-refractivity contribution is -0.276. The Morgan fingerprint density at radius 3 is 2.00 bits per heavy atom. The van der Waals surface area contributed by atoms with Crippen LogP contribution in [0.3, 0.4) is 0 Å². The first-order valence-corrected chi connectivity index (χ1v) is 3.58. The average molecular weight is 166 g/mol. The minimum Gasteiger partial charge on any atom is -0.365 e. The highest BCUT2D eigenvalue weighted by molar-refractivity contribution is 5.12. The van der Waals surface area contributed by atoms with Gasteiger partial charge >= 0.3 is 6.18 Å². The van der Waals surface area contributed by atoms with E-state index in [0.717, 1.165) is 0 Å². The van der Waals surface area contributed by atoms with Crippen molar-refractivity contribution in [3.63, 3.8) is 0 Å². The lowest BCUT2D eigenvalue weighted by Crippen LogP contribution is -2.53. The number of hydrogen-bond donors (Lipinski definition) is 0. The number of halogens is 3. The van der Waals surface area contributed by atoms with Crippen LogP contribution in [0.25, 0.3) is 0 Å². The zero-order valence-corrected chi connectivity index (χ0v) is 6.16. The highest BCUT2D eigenvalue weighted by Gasteiger charge is 2.72. The second-order valence-electron chi connectivity index (χ2n) is 3.94. The lowest BCUT2D eigenvalue weighted by atomic mass is 9.63. The maximum Gasteiger partial charge on any atom is 0.417 e. The average Bonchev–Trinajstić information content (AvgIpc) is 2.16. The van der Waals surface area contributed by atoms with Crippen LogP contribution >= 0.6 is 0 Å². The van der Waals surface area contributed by atoms with E-state index in [4.69, 9.17) is 4.74 Å². The van der Waals surface area contributed by atoms with E-state index < -0.39 is 11.8 Å². The van der Waals surface area contributed by atoms with Gasteiger partial charge in [-0.1, -0.05) is 6.92 Å². The molecule has 2 aliphatic heterocycles. The fraction of sp³-hybridized carbons (Fsp3) is 1.00. The third kappa shape index (κ3) is 0.760. The van der Waals surface area contributed by atoms with Crippen LogP contribution in [0.2, 0.25) is 0 Å². The molecule has 1 aliphatic carbocycles. The van der Waals surface area contributed by atoms with Crippen LogP contribution < -0.4 is 0 Å². The fourth-order valence-corrected chi connectivity index (χ4v) is 2.13. The maximum absolute atomic E-state index is 12.2. The van der Waals surface area contributed by atoms with Crippen LogP contribution in [0.5, 0.6) is 0 Å². The molecule has 0 aromatic heterocycles. The molecule has 1 nitrogen and oxygen atoms in total. The Balaban J connectivity index is 2.19. The van der Waals surface area contributed by atoms with Crippen molar-refractivity contribution in [1.29, 1.82) is 0 Å². The molecule has 0 atom stereocenters. The Hall–Kier alpha value is -0.250. The van der Waals surface area contributed by atoms with Gasteiger partial charge in [0.15, 0.2) is 5.60 Å². The van der Waals surface area contributed by atoms with Crippen LogP contribution in [0.1, 0.15) is 19.8 Å². The van der Waals surface area contributed by atoms with E-state index in [9.17, 15) is 13.2 Å². The van der Waals surface area contributed by atoms with Crippen LogP contribution in [-0.2, 0) is 4.74 Å². The van der Waals surface area contributed by atoms with Gasteiger partial charge in [0, 0.05) is 0 Å². The number of rotatable bonds is 0. The normalized spacial score (nSPS) is 49.1. The van der Waals surface area contributed by atoms with E-state index in [1.54, 1.807) is 0 Å². The Morgan fingerprint density at radius 2 is 1.82 bits per heavy atom. The van der Waals surface area contributed by atoms with Crippen LogP contribution in [0, 0.1) is 5.41 Å². The summed E-state index contributed by atoms with van der Waals surface area (Å²) in [6.07, 6.45) is -3.85. The fourth-order valence-electron chi connectivity index (χ4n) is 2.13. The molecule has 3 rings (SSSR count). The zero-order chi connectivity index (χ0) is 8.33. The second-order valence-corrected chi connectivity index (χ2v) is 3.94. The van der Waals surface area contributed by atoms with E-state index in [1.807, 2.05) is 6.92 Å². The summed E-state index contributed by atoms with van der Waals surface area (Å²) in [7, 11) is 0. The zero-order valence-electron chi connectivity index (χ0n) is 6.16. The molecule has 0 unspecified atom stereocenters. The smallest absolute Gasteiger partial charge is 0.365 e. The molecule has 2 heterocycles. The van der Waals surface area contributed by atoms with Gasteiger partial charge in [0.25, 0.3) is 0 Å². The predicted molar refractivity (Wildman–Crippen MR) is 32.1 cm³/mol. The van der Waals surface area contributed by atoms with Crippen molar-refractivity contribution < 1.29 is 17.9 Å². The highest BCUT2D eigenvalue weighted by Crippen LogP contribution is 2.63. The maximum atomic E-state index is 12.2. The summed E-state index contributed by atoms with van der Waals surface area (Å²) in [6.45, 7) is 2.11. The van der Waals surface area contributed by atoms with Gasteiger partial charge in [0.2, 0.25) is 0 Å². The Kier molecular flexibility index (Phi) is 1.06. The molecule has 0 spiro atoms. The van der Waals surface area contributed by atoms with Gasteiger partial charge in [-0.2, -0.15) is 13.2 Å². The van der Waals surface area contributed by atoms with Crippen LogP contribution in [0.15, 0.2) is 0 Å². The van der Waals surface area contributed by atoms with Crippen molar-refractivity contribution in [2.75, 3.05) is 6.61 Å². The predicted octanol–water partition coefficient (Wildman–Crippen LogP) is 2.12. The first kappa shape index (κ1) is 7.40. The number of ether oxygens (including phenoxy) is 1. The van der Waals surface area contributed by atoms with Gasteiger partial charge in [-0.15, -0.1) is 0 Å². The molecule has 0 aromatic rings. The molecule has 3 fully saturated rings. The van der Waals surface area contributed by atoms with Gasteiger partial charge in [-0.05, 0) is 18.3 Å². The van der Waals surface area contributed by atoms with Gasteiger partial charge in [0.05, 0.1) is 6.61 Å². The summed E-state index contributed by atoms with van der Waals surface area (Å²) < 4.78 is 41.4. The summed E-state index contributed by atoms with van der Waals surface area (Å²) in [6, 6.07) is 0. The van der Waals surface area contributed by atoms with Crippen molar-refractivity contribution in [2.45, 2.75) is 31.5 Å². The quantitative estimate of drug-likeness (QED) is 0.535. The van der Waals surface area contributed by atoms with Crippen molar-refractivity contribution in [3.8, 4) is 0 Å². The van der Waals surface area contributed by atoms with Crippen LogP contribution in [-0.4, -0.2) is 18.4 Å². The molecule has 4 heteroatoms. The molecule has 0 radical (unpaired) electrons. The van der Waals surface area contributed by atoms with E-state index in [1.165, 1.54) is 0 Å². The molecular weight excluding hydrogens is 157 g/mol. The summed E-state index contributed by atoms with van der Waals surface area (Å²) in [5.74, 6) is 0. The molecule has 64 valence electrons. The molecule has 0 N–H and O–H groups in total. The summed E-state index contributed by atoms with van der Waals surface area (Å²) >= 11 is 0. The summed E-state index contributed by atoms with van der Waals surface area (Å²) in [5, 5.41) is 0. The Morgan fingerprint density at radius 1 is 1.27 bits per heavy atom. The largest absolute Gasteiger partial charge is 0.417 e. The van der Waals surface area contributed by atoms with E-state index in [0.29, 0.717) is 0 Å². The third-order valence-corrected chi connectivity index (χ3v) is 2.64. The minimum absolute atomic E-state index is 0.156. The molecule has 0 aromatic carbocycles. The molecule has 0 amide bonds. The first-order chi connectivity index (χ1) is 4.87. The lowest BCUT2D eigenvalue weighted by Gasteiger charge is -2.43. The minimum atomic E-state index is -4.16. The summed E-state index contributed by atoms with van der Waals surface area (Å²) in [4.78, 5) is 0. The second kappa shape index (κ2) is 1.58. The van der Waals surface area contributed by atoms with E-state index in [2.05, 4.69) is 0 Å². The Labute approximate surface area is 62.5 Å². The number of hydrogen-bond acceptors (Lipinski definition) is 1. The van der Waals surface area contributed by atoms with Gasteiger partial charge in [-0.3, -0.25) is 0 Å². The topological polar surface area (TPSA) is 9.23 Å². The molecule has 11 heavy (non-hydrogen) atoms. The van der Waals surface area contributed by atoms with Gasteiger partial charge < -0.3 is 4.74 Å². The third-order valence-electron chi connectivity index (χ3n) is 2.64. The van der Waals surface area contributed by atoms with Crippen molar-refractivity contribution in [1.82, 2.24) is 0 Å². The molecule has 3 aliphatic rings. The number of alkyl halides is 3. The molecule has 2 saturated heterocycles. The standard InChI is InChI=1S/C7H9F3O/c1-5-2-6(3-5,11-4-5)7(8,9)10/h2-4H2,1H3. The highest BCUT2D eigenvalue weighted by atomic mass is 19.4. The monoisotopic (exact) mass is 166 g/mol. The Bertz CT molecular complexity index is 190. The number of fused-ring (bicyclic) bond motifs is 1.